The molecule has 0 bridgehead atoms. The van der Waals surface area contributed by atoms with Crippen molar-refractivity contribution in [3.05, 3.63) is 23.4 Å². The van der Waals surface area contributed by atoms with Gasteiger partial charge in [-0.3, -0.25) is 0 Å². The zero-order valence-electron chi connectivity index (χ0n) is 6.65. The highest BCUT2D eigenvalue weighted by molar-refractivity contribution is 5.98. The number of aromatic nitrogens is 1. The molecule has 0 amide bonds. The van der Waals surface area contributed by atoms with Gasteiger partial charge in [-0.15, -0.1) is 0 Å². The third kappa shape index (κ3) is 1.45. The first-order valence-electron chi connectivity index (χ1n) is 3.36. The van der Waals surface area contributed by atoms with E-state index in [1.807, 2.05) is 0 Å². The second-order valence-electron chi connectivity index (χ2n) is 2.35. The van der Waals surface area contributed by atoms with Crippen LogP contribution in [0.5, 0.6) is 0 Å². The molecule has 0 aliphatic heterocycles. The second kappa shape index (κ2) is 3.08. The van der Waals surface area contributed by atoms with Gasteiger partial charge in [0.05, 0.1) is 5.69 Å². The molecule has 0 atom stereocenters. The van der Waals surface area contributed by atoms with Gasteiger partial charge in [0.1, 0.15) is 5.82 Å². The van der Waals surface area contributed by atoms with Crippen molar-refractivity contribution >= 4 is 11.7 Å². The third-order valence-electron chi connectivity index (χ3n) is 1.49. The number of nitrogens with two attached hydrogens (primary N) is 2. The van der Waals surface area contributed by atoms with E-state index in [1.165, 1.54) is 0 Å². The summed E-state index contributed by atoms with van der Waals surface area (Å²) in [5.41, 5.74) is 12.0. The van der Waals surface area contributed by atoms with Crippen LogP contribution >= 0.6 is 0 Å². The first-order chi connectivity index (χ1) is 5.65. The lowest BCUT2D eigenvalue weighted by Gasteiger charge is -2.02. The highest BCUT2D eigenvalue weighted by atomic mass is 16.4. The Labute approximate surface area is 69.7 Å². The van der Waals surface area contributed by atoms with Crippen LogP contribution in [-0.4, -0.2) is 16.0 Å². The molecular formula is C7H10N4O. The number of oxime groups is 1. The van der Waals surface area contributed by atoms with E-state index in [2.05, 4.69) is 10.1 Å². The summed E-state index contributed by atoms with van der Waals surface area (Å²) >= 11 is 0. The van der Waals surface area contributed by atoms with Gasteiger partial charge in [0, 0.05) is 5.56 Å². The summed E-state index contributed by atoms with van der Waals surface area (Å²) in [5, 5.41) is 11.2. The number of nitrogens with zero attached hydrogens (tertiary/aromatic N) is 2. The van der Waals surface area contributed by atoms with Gasteiger partial charge in [-0.05, 0) is 19.1 Å². The minimum atomic E-state index is 0.0417. The van der Waals surface area contributed by atoms with Crippen molar-refractivity contribution in [2.75, 3.05) is 5.73 Å². The van der Waals surface area contributed by atoms with Crippen molar-refractivity contribution in [3.8, 4) is 0 Å². The third-order valence-corrected chi connectivity index (χ3v) is 1.49. The van der Waals surface area contributed by atoms with E-state index in [9.17, 15) is 0 Å². The van der Waals surface area contributed by atoms with Gasteiger partial charge >= 0.3 is 0 Å². The van der Waals surface area contributed by atoms with Crippen LogP contribution in [0.15, 0.2) is 17.3 Å². The van der Waals surface area contributed by atoms with Gasteiger partial charge in [0.15, 0.2) is 5.84 Å². The standard InChI is InChI=1S/C7H10N4O/c1-4-5(7(9)11-12)2-3-6(8)10-4/h2-3,12H,1H3,(H2,8,10)(H2,9,11). The lowest BCUT2D eigenvalue weighted by molar-refractivity contribution is 0.318. The Morgan fingerprint density at radius 2 is 2.25 bits per heavy atom. The maximum Gasteiger partial charge on any atom is 0.171 e. The number of anilines is 1. The fourth-order valence-corrected chi connectivity index (χ4v) is 0.905. The molecule has 1 aromatic heterocycles. The Morgan fingerprint density at radius 3 is 2.75 bits per heavy atom. The van der Waals surface area contributed by atoms with Crippen LogP contribution in [0, 0.1) is 6.92 Å². The molecule has 5 N–H and O–H groups in total. The average molecular weight is 166 g/mol. The smallest absolute Gasteiger partial charge is 0.171 e. The Hall–Kier alpha value is -1.78. The van der Waals surface area contributed by atoms with Gasteiger partial charge in [-0.25, -0.2) is 4.98 Å². The van der Waals surface area contributed by atoms with E-state index in [0.29, 0.717) is 17.1 Å². The average Bonchev–Trinajstić information content (AvgIpc) is 2.03. The predicted octanol–water partition coefficient (Wildman–Crippen LogP) is 0.0667. The lowest BCUT2D eigenvalue weighted by Crippen LogP contribution is -2.15. The molecule has 5 heteroatoms. The van der Waals surface area contributed by atoms with E-state index in [1.54, 1.807) is 19.1 Å². The lowest BCUT2D eigenvalue weighted by atomic mass is 10.2. The molecule has 1 heterocycles. The maximum absolute atomic E-state index is 8.39. The Balaban J connectivity index is 3.18. The van der Waals surface area contributed by atoms with Crippen molar-refractivity contribution in [2.45, 2.75) is 6.92 Å². The van der Waals surface area contributed by atoms with E-state index in [-0.39, 0.29) is 5.84 Å². The fourth-order valence-electron chi connectivity index (χ4n) is 0.905. The molecule has 0 aliphatic carbocycles. The SMILES string of the molecule is Cc1nc(N)ccc1/C(N)=N/O. The monoisotopic (exact) mass is 166 g/mol. The van der Waals surface area contributed by atoms with E-state index < -0.39 is 0 Å². The molecule has 1 aromatic rings. The summed E-state index contributed by atoms with van der Waals surface area (Å²) in [4.78, 5) is 3.95. The van der Waals surface area contributed by atoms with Crippen molar-refractivity contribution in [1.82, 2.24) is 4.98 Å². The molecule has 0 spiro atoms. The number of amidine groups is 1. The van der Waals surface area contributed by atoms with E-state index in [0.717, 1.165) is 0 Å². The van der Waals surface area contributed by atoms with Crippen molar-refractivity contribution < 1.29 is 5.21 Å². The molecule has 5 nitrogen and oxygen atoms in total. The number of hydrogen-bond donors (Lipinski definition) is 3. The summed E-state index contributed by atoms with van der Waals surface area (Å²) in [6.45, 7) is 1.74. The van der Waals surface area contributed by atoms with Crippen LogP contribution in [0.2, 0.25) is 0 Å². The molecule has 64 valence electrons. The van der Waals surface area contributed by atoms with E-state index in [4.69, 9.17) is 16.7 Å². The van der Waals surface area contributed by atoms with Crippen molar-refractivity contribution in [1.29, 1.82) is 0 Å². The summed E-state index contributed by atoms with van der Waals surface area (Å²) in [5.74, 6) is 0.460. The first kappa shape index (κ1) is 8.32. The topological polar surface area (TPSA) is 97.5 Å². The number of rotatable bonds is 1. The maximum atomic E-state index is 8.39. The Morgan fingerprint density at radius 1 is 1.58 bits per heavy atom. The molecule has 0 unspecified atom stereocenters. The molecule has 1 rings (SSSR count). The van der Waals surface area contributed by atoms with Crippen LogP contribution in [0.3, 0.4) is 0 Å². The molecule has 0 aliphatic rings. The highest BCUT2D eigenvalue weighted by Gasteiger charge is 2.03. The van der Waals surface area contributed by atoms with Crippen molar-refractivity contribution in [3.63, 3.8) is 0 Å². The zero-order chi connectivity index (χ0) is 9.14. The molecule has 12 heavy (non-hydrogen) atoms. The van der Waals surface area contributed by atoms with Gasteiger partial charge in [-0.2, -0.15) is 0 Å². The second-order valence-corrected chi connectivity index (χ2v) is 2.35. The largest absolute Gasteiger partial charge is 0.409 e. The quantitative estimate of drug-likeness (QED) is 0.238. The normalized spacial score (nSPS) is 11.6. The van der Waals surface area contributed by atoms with E-state index >= 15 is 0 Å². The summed E-state index contributed by atoms with van der Waals surface area (Å²) in [6.07, 6.45) is 0. The van der Waals surface area contributed by atoms with Crippen LogP contribution in [0.1, 0.15) is 11.3 Å². The highest BCUT2D eigenvalue weighted by Crippen LogP contribution is 2.06. The van der Waals surface area contributed by atoms with Gasteiger partial charge in [-0.1, -0.05) is 5.16 Å². The molecule has 0 aromatic carbocycles. The summed E-state index contributed by atoms with van der Waals surface area (Å²) in [6, 6.07) is 3.26. The van der Waals surface area contributed by atoms with Crippen LogP contribution in [0.4, 0.5) is 5.82 Å². The number of nitrogen functional groups attached to an aromatic ring is 1. The van der Waals surface area contributed by atoms with Crippen LogP contribution < -0.4 is 11.5 Å². The fraction of sp³-hybridized carbons (Fsp3) is 0.143. The Kier molecular flexibility index (Phi) is 2.14. The summed E-state index contributed by atoms with van der Waals surface area (Å²) in [7, 11) is 0. The number of aryl methyl sites for hydroxylation is 1. The van der Waals surface area contributed by atoms with Gasteiger partial charge < -0.3 is 16.7 Å². The molecule has 0 saturated heterocycles. The molecule has 0 fully saturated rings. The molecule has 0 radical (unpaired) electrons. The molecular weight excluding hydrogens is 156 g/mol. The first-order valence-corrected chi connectivity index (χ1v) is 3.36. The van der Waals surface area contributed by atoms with Crippen molar-refractivity contribution in [2.24, 2.45) is 10.9 Å². The van der Waals surface area contributed by atoms with Gasteiger partial charge in [0.25, 0.3) is 0 Å². The minimum Gasteiger partial charge on any atom is -0.409 e. The number of pyridine rings is 1. The van der Waals surface area contributed by atoms with Gasteiger partial charge in [0.2, 0.25) is 0 Å². The Bertz CT molecular complexity index is 321. The zero-order valence-corrected chi connectivity index (χ0v) is 6.65. The summed E-state index contributed by atoms with van der Waals surface area (Å²) < 4.78 is 0. The number of hydrogen-bond acceptors (Lipinski definition) is 4. The van der Waals surface area contributed by atoms with Crippen LogP contribution in [0.25, 0.3) is 0 Å². The molecule has 0 saturated carbocycles. The predicted molar refractivity (Wildman–Crippen MR) is 45.9 cm³/mol. The minimum absolute atomic E-state index is 0.0417. The van der Waals surface area contributed by atoms with Crippen LogP contribution in [-0.2, 0) is 0 Å².